The molecule has 5 nitrogen and oxygen atoms in total. The van der Waals surface area contributed by atoms with Gasteiger partial charge in [-0.05, 0) is 48.6 Å². The molecule has 0 aliphatic carbocycles. The Morgan fingerprint density at radius 1 is 1.40 bits per heavy atom. The highest BCUT2D eigenvalue weighted by Crippen LogP contribution is 2.22. The van der Waals surface area contributed by atoms with Gasteiger partial charge >= 0.3 is 0 Å². The maximum Gasteiger partial charge on any atom is 0.240 e. The third-order valence-electron chi connectivity index (χ3n) is 3.69. The molecule has 0 aliphatic rings. The maximum atomic E-state index is 12.4. The van der Waals surface area contributed by atoms with Crippen molar-refractivity contribution < 1.29 is 4.79 Å². The molecule has 0 bridgehead atoms. The summed E-state index contributed by atoms with van der Waals surface area (Å²) in [5.41, 5.74) is 1.01. The van der Waals surface area contributed by atoms with Crippen LogP contribution in [0.4, 0.5) is 0 Å². The van der Waals surface area contributed by atoms with Gasteiger partial charge in [0.2, 0.25) is 5.91 Å². The number of carbonyl (C=O) groups excluding carboxylic acids is 1. The number of thiophene rings is 1. The molecular formula is C17H17ClN4OS2. The van der Waals surface area contributed by atoms with E-state index in [0.29, 0.717) is 22.0 Å². The van der Waals surface area contributed by atoms with E-state index in [-0.39, 0.29) is 18.5 Å². The molecule has 3 aromatic rings. The van der Waals surface area contributed by atoms with E-state index < -0.39 is 0 Å². The lowest BCUT2D eigenvalue weighted by molar-refractivity contribution is -0.122. The Morgan fingerprint density at radius 2 is 2.20 bits per heavy atom. The number of carbonyl (C=O) groups is 1. The van der Waals surface area contributed by atoms with Gasteiger partial charge in [-0.25, -0.2) is 0 Å². The number of hydrogen-bond donors (Lipinski definition) is 2. The van der Waals surface area contributed by atoms with Crippen LogP contribution < -0.4 is 5.32 Å². The van der Waals surface area contributed by atoms with E-state index in [0.717, 1.165) is 10.4 Å². The van der Waals surface area contributed by atoms with Crippen LogP contribution in [0.25, 0.3) is 10.7 Å². The number of nitrogens with one attached hydrogen (secondary N) is 2. The van der Waals surface area contributed by atoms with E-state index in [1.54, 1.807) is 15.9 Å². The first-order chi connectivity index (χ1) is 12.0. The van der Waals surface area contributed by atoms with Crippen molar-refractivity contribution in [1.82, 2.24) is 20.1 Å². The maximum absolute atomic E-state index is 12.4. The van der Waals surface area contributed by atoms with E-state index >= 15 is 0 Å². The van der Waals surface area contributed by atoms with Crippen LogP contribution >= 0.6 is 35.2 Å². The highest BCUT2D eigenvalue weighted by Gasteiger charge is 2.15. The van der Waals surface area contributed by atoms with Crippen molar-refractivity contribution in [3.8, 4) is 10.7 Å². The zero-order chi connectivity index (χ0) is 17.8. The molecular weight excluding hydrogens is 376 g/mol. The van der Waals surface area contributed by atoms with Crippen molar-refractivity contribution >= 4 is 41.1 Å². The van der Waals surface area contributed by atoms with Gasteiger partial charge in [0.1, 0.15) is 6.54 Å². The molecule has 1 atom stereocenters. The second kappa shape index (κ2) is 7.95. The van der Waals surface area contributed by atoms with Crippen molar-refractivity contribution in [2.75, 3.05) is 0 Å². The Bertz CT molecular complexity index is 917. The van der Waals surface area contributed by atoms with Gasteiger partial charge in [-0.15, -0.1) is 11.3 Å². The molecule has 25 heavy (non-hydrogen) atoms. The zero-order valence-corrected chi connectivity index (χ0v) is 15.9. The minimum absolute atomic E-state index is 0.0429. The SMILES string of the molecule is C[C@@H](Cc1ccccc1Cl)NC(=O)Cn1c(-c2cccs2)n[nH]c1=S. The standard InChI is InChI=1S/C17H17ClN4OS2/c1-11(9-12-5-2-3-6-13(12)18)19-15(23)10-22-16(20-21-17(22)24)14-7-4-8-25-14/h2-8,11H,9-10H2,1H3,(H,19,23)(H,21,24)/t11-/m0/s1. The van der Waals surface area contributed by atoms with Crippen molar-refractivity contribution in [2.24, 2.45) is 0 Å². The minimum Gasteiger partial charge on any atom is -0.352 e. The summed E-state index contributed by atoms with van der Waals surface area (Å²) in [7, 11) is 0. The molecule has 3 rings (SSSR count). The molecule has 0 unspecified atom stereocenters. The predicted octanol–water partition coefficient (Wildman–Crippen LogP) is 4.07. The van der Waals surface area contributed by atoms with Gasteiger partial charge in [0.25, 0.3) is 0 Å². The van der Waals surface area contributed by atoms with Gasteiger partial charge in [0.15, 0.2) is 10.6 Å². The lowest BCUT2D eigenvalue weighted by Crippen LogP contribution is -2.36. The summed E-state index contributed by atoms with van der Waals surface area (Å²) in [6.45, 7) is 2.07. The van der Waals surface area contributed by atoms with Gasteiger partial charge in [0.05, 0.1) is 4.88 Å². The fourth-order valence-electron chi connectivity index (χ4n) is 2.57. The van der Waals surface area contributed by atoms with Crippen molar-refractivity contribution in [3.63, 3.8) is 0 Å². The molecule has 2 aromatic heterocycles. The fourth-order valence-corrected chi connectivity index (χ4v) is 3.70. The number of halogens is 1. The van der Waals surface area contributed by atoms with Crippen LogP contribution in [0.1, 0.15) is 12.5 Å². The van der Waals surface area contributed by atoms with Crippen LogP contribution in [0.15, 0.2) is 41.8 Å². The smallest absolute Gasteiger partial charge is 0.240 e. The van der Waals surface area contributed by atoms with Crippen LogP contribution in [0.2, 0.25) is 5.02 Å². The second-order valence-electron chi connectivity index (χ2n) is 5.68. The van der Waals surface area contributed by atoms with Gasteiger partial charge in [0, 0.05) is 11.1 Å². The Hall–Kier alpha value is -1.96. The van der Waals surface area contributed by atoms with Gasteiger partial charge < -0.3 is 5.32 Å². The fraction of sp³-hybridized carbons (Fsp3) is 0.235. The van der Waals surface area contributed by atoms with Crippen LogP contribution in [-0.4, -0.2) is 26.7 Å². The molecule has 0 saturated heterocycles. The van der Waals surface area contributed by atoms with E-state index in [1.807, 2.05) is 48.7 Å². The number of benzene rings is 1. The number of nitrogens with zero attached hydrogens (tertiary/aromatic N) is 2. The highest BCUT2D eigenvalue weighted by molar-refractivity contribution is 7.71. The molecule has 0 radical (unpaired) electrons. The lowest BCUT2D eigenvalue weighted by atomic mass is 10.1. The molecule has 2 heterocycles. The lowest BCUT2D eigenvalue weighted by Gasteiger charge is -2.15. The third kappa shape index (κ3) is 4.36. The number of H-pyrrole nitrogens is 1. The van der Waals surface area contributed by atoms with Crippen molar-refractivity contribution in [3.05, 3.63) is 57.1 Å². The zero-order valence-electron chi connectivity index (χ0n) is 13.5. The normalized spacial score (nSPS) is 12.1. The van der Waals surface area contributed by atoms with Crippen molar-refractivity contribution in [1.29, 1.82) is 0 Å². The van der Waals surface area contributed by atoms with E-state index in [4.69, 9.17) is 23.8 Å². The average Bonchev–Trinajstić information content (AvgIpc) is 3.20. The Labute approximate surface area is 159 Å². The van der Waals surface area contributed by atoms with Crippen molar-refractivity contribution in [2.45, 2.75) is 25.9 Å². The van der Waals surface area contributed by atoms with Gasteiger partial charge in [-0.2, -0.15) is 5.10 Å². The summed E-state index contributed by atoms with van der Waals surface area (Å²) in [4.78, 5) is 13.4. The summed E-state index contributed by atoms with van der Waals surface area (Å²) in [6, 6.07) is 11.5. The monoisotopic (exact) mass is 392 g/mol. The van der Waals surface area contributed by atoms with Crippen LogP contribution in [-0.2, 0) is 17.8 Å². The number of rotatable bonds is 6. The Morgan fingerprint density at radius 3 is 2.92 bits per heavy atom. The molecule has 1 aromatic carbocycles. The van der Waals surface area contributed by atoms with Crippen LogP contribution in [0, 0.1) is 4.77 Å². The Kier molecular flexibility index (Phi) is 5.67. The average molecular weight is 393 g/mol. The number of hydrogen-bond acceptors (Lipinski definition) is 4. The quantitative estimate of drug-likeness (QED) is 0.621. The van der Waals surface area contributed by atoms with Crippen LogP contribution in [0.3, 0.4) is 0 Å². The van der Waals surface area contributed by atoms with Gasteiger partial charge in [-0.1, -0.05) is 35.9 Å². The predicted molar refractivity (Wildman–Crippen MR) is 103 cm³/mol. The minimum atomic E-state index is -0.116. The van der Waals surface area contributed by atoms with Crippen LogP contribution in [0.5, 0.6) is 0 Å². The summed E-state index contributed by atoms with van der Waals surface area (Å²) in [5, 5.41) is 12.6. The molecule has 1 amide bonds. The summed E-state index contributed by atoms with van der Waals surface area (Å²) in [5.74, 6) is 0.559. The third-order valence-corrected chi connectivity index (χ3v) is 5.24. The second-order valence-corrected chi connectivity index (χ2v) is 7.42. The first-order valence-electron chi connectivity index (χ1n) is 7.76. The number of aromatic nitrogens is 3. The van der Waals surface area contributed by atoms with E-state index in [1.165, 1.54) is 0 Å². The number of aromatic amines is 1. The molecule has 0 spiro atoms. The molecule has 130 valence electrons. The van der Waals surface area contributed by atoms with E-state index in [9.17, 15) is 4.79 Å². The number of amides is 1. The molecule has 0 fully saturated rings. The summed E-state index contributed by atoms with van der Waals surface area (Å²) < 4.78 is 2.14. The van der Waals surface area contributed by atoms with Gasteiger partial charge in [-0.3, -0.25) is 14.5 Å². The largest absolute Gasteiger partial charge is 0.352 e. The highest BCUT2D eigenvalue weighted by atomic mass is 35.5. The first-order valence-corrected chi connectivity index (χ1v) is 9.43. The molecule has 0 aliphatic heterocycles. The molecule has 0 saturated carbocycles. The molecule has 2 N–H and O–H groups in total. The topological polar surface area (TPSA) is 62.7 Å². The first kappa shape index (κ1) is 17.8. The van der Waals surface area contributed by atoms with E-state index in [2.05, 4.69) is 15.5 Å². The molecule has 8 heteroatoms. The summed E-state index contributed by atoms with van der Waals surface area (Å²) >= 11 is 13.0. The Balaban J connectivity index is 1.66. The summed E-state index contributed by atoms with van der Waals surface area (Å²) in [6.07, 6.45) is 0.667.